The summed E-state index contributed by atoms with van der Waals surface area (Å²) in [7, 11) is 0. The number of nitrogens with two attached hydrogens (primary N) is 1. The molecule has 4 fully saturated rings. The third-order valence-electron chi connectivity index (χ3n) is 6.16. The van der Waals surface area contributed by atoms with Crippen LogP contribution in [0, 0.1) is 29.6 Å². The first-order valence-electron chi connectivity index (χ1n) is 8.31. The summed E-state index contributed by atoms with van der Waals surface area (Å²) >= 11 is 0. The Morgan fingerprint density at radius 1 is 1.05 bits per heavy atom. The van der Waals surface area contributed by atoms with Gasteiger partial charge in [-0.1, -0.05) is 6.07 Å². The Morgan fingerprint density at radius 2 is 1.70 bits per heavy atom. The van der Waals surface area contributed by atoms with E-state index in [1.165, 1.54) is 37.8 Å². The Kier molecular flexibility index (Phi) is 2.94. The minimum atomic E-state index is 0.576. The summed E-state index contributed by atoms with van der Waals surface area (Å²) in [5.41, 5.74) is 7.93. The van der Waals surface area contributed by atoms with Crippen molar-refractivity contribution in [1.82, 2.24) is 0 Å². The van der Waals surface area contributed by atoms with E-state index < -0.39 is 0 Å². The van der Waals surface area contributed by atoms with E-state index in [1.54, 1.807) is 0 Å². The molecule has 20 heavy (non-hydrogen) atoms. The van der Waals surface area contributed by atoms with Gasteiger partial charge in [0.1, 0.15) is 0 Å². The lowest BCUT2D eigenvalue weighted by Gasteiger charge is -2.56. The van der Waals surface area contributed by atoms with E-state index in [0.29, 0.717) is 6.04 Å². The van der Waals surface area contributed by atoms with Gasteiger partial charge in [-0.05, 0) is 86.8 Å². The number of hydrogen-bond donors (Lipinski definition) is 2. The third-order valence-corrected chi connectivity index (χ3v) is 6.16. The average molecular weight is 270 g/mol. The molecule has 0 spiro atoms. The van der Waals surface area contributed by atoms with Gasteiger partial charge >= 0.3 is 0 Å². The number of hydrogen-bond acceptors (Lipinski definition) is 2. The predicted molar refractivity (Wildman–Crippen MR) is 84.5 cm³/mol. The van der Waals surface area contributed by atoms with E-state index in [-0.39, 0.29) is 0 Å². The molecule has 3 N–H and O–H groups in total. The normalized spacial score (nSPS) is 39.8. The highest BCUT2D eigenvalue weighted by molar-refractivity contribution is 5.54. The fourth-order valence-corrected chi connectivity index (χ4v) is 5.77. The van der Waals surface area contributed by atoms with Crippen molar-refractivity contribution in [2.75, 3.05) is 11.1 Å². The highest BCUT2D eigenvalue weighted by atomic mass is 14.9. The molecule has 0 amide bonds. The Balaban J connectivity index is 1.50. The van der Waals surface area contributed by atoms with Crippen molar-refractivity contribution in [3.8, 4) is 0 Å². The first-order chi connectivity index (χ1) is 9.69. The zero-order chi connectivity index (χ0) is 13.7. The zero-order valence-corrected chi connectivity index (χ0v) is 12.4. The summed E-state index contributed by atoms with van der Waals surface area (Å²) in [4.78, 5) is 0. The second-order valence-corrected chi connectivity index (χ2v) is 7.57. The Hall–Kier alpha value is -1.18. The van der Waals surface area contributed by atoms with Gasteiger partial charge in [-0.15, -0.1) is 0 Å². The van der Waals surface area contributed by atoms with Gasteiger partial charge in [0.05, 0.1) is 0 Å². The number of nitrogens with one attached hydrogen (secondary N) is 1. The second-order valence-electron chi connectivity index (χ2n) is 7.57. The van der Waals surface area contributed by atoms with Crippen molar-refractivity contribution in [2.45, 2.75) is 45.1 Å². The number of rotatable bonds is 3. The van der Waals surface area contributed by atoms with Crippen molar-refractivity contribution in [2.24, 2.45) is 29.6 Å². The lowest BCUT2D eigenvalue weighted by Crippen LogP contribution is -2.50. The Morgan fingerprint density at radius 3 is 2.30 bits per heavy atom. The number of benzene rings is 1. The molecule has 4 bridgehead atoms. The van der Waals surface area contributed by atoms with Gasteiger partial charge in [-0.2, -0.15) is 0 Å². The molecule has 2 heteroatoms. The number of nitrogen functional groups attached to an aromatic ring is 1. The molecule has 0 heterocycles. The van der Waals surface area contributed by atoms with E-state index >= 15 is 0 Å². The van der Waals surface area contributed by atoms with E-state index in [1.807, 2.05) is 12.1 Å². The van der Waals surface area contributed by atoms with Gasteiger partial charge in [-0.3, -0.25) is 0 Å². The molecule has 4 saturated carbocycles. The zero-order valence-electron chi connectivity index (χ0n) is 12.4. The molecule has 0 aliphatic heterocycles. The Bertz CT molecular complexity index is 468. The quantitative estimate of drug-likeness (QED) is 0.810. The molecule has 0 radical (unpaired) electrons. The summed E-state index contributed by atoms with van der Waals surface area (Å²) in [5.74, 6) is 4.97. The molecule has 0 aromatic heterocycles. The molecule has 4 aliphatic rings. The van der Waals surface area contributed by atoms with Crippen molar-refractivity contribution in [3.63, 3.8) is 0 Å². The minimum absolute atomic E-state index is 0.576. The fourth-order valence-electron chi connectivity index (χ4n) is 5.77. The van der Waals surface area contributed by atoms with Crippen LogP contribution in [0.1, 0.15) is 39.0 Å². The van der Waals surface area contributed by atoms with Crippen LogP contribution in [0.15, 0.2) is 24.3 Å². The average Bonchev–Trinajstić information content (AvgIpc) is 2.37. The van der Waals surface area contributed by atoms with Crippen LogP contribution in [0.5, 0.6) is 0 Å². The van der Waals surface area contributed by atoms with Crippen molar-refractivity contribution in [3.05, 3.63) is 24.3 Å². The van der Waals surface area contributed by atoms with Gasteiger partial charge < -0.3 is 11.1 Å². The van der Waals surface area contributed by atoms with Crippen LogP contribution in [0.2, 0.25) is 0 Å². The van der Waals surface area contributed by atoms with Gasteiger partial charge in [-0.25, -0.2) is 0 Å². The second kappa shape index (κ2) is 4.68. The monoisotopic (exact) mass is 270 g/mol. The third kappa shape index (κ3) is 2.10. The molecule has 4 aliphatic carbocycles. The standard InChI is InChI=1S/C18H26N2/c1-11(20-17-4-2-3-16(19)10-17)18-14-6-12-5-13(8-14)9-15(18)7-12/h2-4,10-15,18,20H,5-9,19H2,1H3. The summed E-state index contributed by atoms with van der Waals surface area (Å²) < 4.78 is 0. The lowest BCUT2D eigenvalue weighted by molar-refractivity contribution is -0.0417. The van der Waals surface area contributed by atoms with Crippen LogP contribution in [0.4, 0.5) is 11.4 Å². The molecule has 5 rings (SSSR count). The van der Waals surface area contributed by atoms with E-state index in [0.717, 1.165) is 35.3 Å². The van der Waals surface area contributed by atoms with Crippen molar-refractivity contribution >= 4 is 11.4 Å². The van der Waals surface area contributed by atoms with E-state index in [9.17, 15) is 0 Å². The van der Waals surface area contributed by atoms with Gasteiger partial charge in [0.2, 0.25) is 0 Å². The van der Waals surface area contributed by atoms with Crippen molar-refractivity contribution in [1.29, 1.82) is 0 Å². The first-order valence-corrected chi connectivity index (χ1v) is 8.31. The van der Waals surface area contributed by atoms with Gasteiger partial charge in [0.15, 0.2) is 0 Å². The molecule has 108 valence electrons. The van der Waals surface area contributed by atoms with Crippen LogP contribution in [-0.4, -0.2) is 6.04 Å². The maximum absolute atomic E-state index is 5.89. The summed E-state index contributed by atoms with van der Waals surface area (Å²) in [6.45, 7) is 2.39. The van der Waals surface area contributed by atoms with Crippen molar-refractivity contribution < 1.29 is 0 Å². The van der Waals surface area contributed by atoms with Gasteiger partial charge in [0.25, 0.3) is 0 Å². The Labute approximate surface area is 122 Å². The largest absolute Gasteiger partial charge is 0.399 e. The maximum atomic E-state index is 5.89. The van der Waals surface area contributed by atoms with Crippen LogP contribution in [0.25, 0.3) is 0 Å². The first kappa shape index (κ1) is 12.6. The van der Waals surface area contributed by atoms with Crippen LogP contribution in [-0.2, 0) is 0 Å². The molecule has 0 saturated heterocycles. The van der Waals surface area contributed by atoms with E-state index in [2.05, 4.69) is 24.4 Å². The van der Waals surface area contributed by atoms with Gasteiger partial charge in [0, 0.05) is 17.4 Å². The maximum Gasteiger partial charge on any atom is 0.0362 e. The highest BCUT2D eigenvalue weighted by Crippen LogP contribution is 2.57. The predicted octanol–water partition coefficient (Wildman–Crippen LogP) is 4.14. The summed E-state index contributed by atoms with van der Waals surface area (Å²) in [6, 6.07) is 8.78. The summed E-state index contributed by atoms with van der Waals surface area (Å²) in [5, 5.41) is 3.73. The molecular weight excluding hydrogens is 244 g/mol. The fraction of sp³-hybridized carbons (Fsp3) is 0.667. The number of anilines is 2. The van der Waals surface area contributed by atoms with Crippen LogP contribution in [0.3, 0.4) is 0 Å². The van der Waals surface area contributed by atoms with Crippen LogP contribution < -0.4 is 11.1 Å². The molecule has 2 nitrogen and oxygen atoms in total. The SMILES string of the molecule is CC(Nc1cccc(N)c1)C1C2CC3CC(C2)CC1C3. The topological polar surface area (TPSA) is 38.0 Å². The lowest BCUT2D eigenvalue weighted by atomic mass is 9.50. The summed E-state index contributed by atoms with van der Waals surface area (Å²) in [6.07, 6.45) is 7.54. The molecule has 1 unspecified atom stereocenters. The molecule has 1 aromatic rings. The van der Waals surface area contributed by atoms with Crippen LogP contribution >= 0.6 is 0 Å². The highest BCUT2D eigenvalue weighted by Gasteiger charge is 2.49. The smallest absolute Gasteiger partial charge is 0.0362 e. The molecular formula is C18H26N2. The molecule has 1 atom stereocenters. The molecule has 1 aromatic carbocycles. The minimum Gasteiger partial charge on any atom is -0.399 e. The van der Waals surface area contributed by atoms with E-state index in [4.69, 9.17) is 5.73 Å².